The molecule has 4 aromatic heterocycles. The van der Waals surface area contributed by atoms with Gasteiger partial charge in [0.25, 0.3) is 0 Å². The van der Waals surface area contributed by atoms with Gasteiger partial charge in [-0.2, -0.15) is 0 Å². The number of nitrogens with zero attached hydrogens (tertiary/aromatic N) is 4. The molecular weight excluding hydrogens is 264 g/mol. The molecular formula is C15H12N6. The van der Waals surface area contributed by atoms with E-state index in [1.54, 1.807) is 25.6 Å². The first-order valence-corrected chi connectivity index (χ1v) is 6.58. The highest BCUT2D eigenvalue weighted by Gasteiger charge is 2.08. The molecule has 0 unspecified atom stereocenters. The number of H-pyrrole nitrogens is 1. The maximum absolute atomic E-state index is 4.65. The summed E-state index contributed by atoms with van der Waals surface area (Å²) in [6, 6.07) is 5.96. The summed E-state index contributed by atoms with van der Waals surface area (Å²) >= 11 is 0. The van der Waals surface area contributed by atoms with Crippen LogP contribution in [-0.4, -0.2) is 32.0 Å². The fraction of sp³-hybridized carbons (Fsp3) is 0.0667. The van der Waals surface area contributed by atoms with Crippen LogP contribution in [0.2, 0.25) is 0 Å². The minimum absolute atomic E-state index is 0.594. The molecule has 102 valence electrons. The summed E-state index contributed by atoms with van der Waals surface area (Å²) in [7, 11) is 1.79. The van der Waals surface area contributed by atoms with Crippen molar-refractivity contribution >= 4 is 27.9 Å². The van der Waals surface area contributed by atoms with E-state index in [1.165, 1.54) is 0 Å². The van der Waals surface area contributed by atoms with Crippen LogP contribution in [0.15, 0.2) is 43.0 Å². The van der Waals surface area contributed by atoms with Crippen molar-refractivity contribution < 1.29 is 0 Å². The van der Waals surface area contributed by atoms with E-state index in [0.29, 0.717) is 5.95 Å². The molecule has 0 aromatic carbocycles. The molecule has 0 aliphatic heterocycles. The van der Waals surface area contributed by atoms with E-state index in [0.717, 1.165) is 33.2 Å². The van der Waals surface area contributed by atoms with Gasteiger partial charge >= 0.3 is 0 Å². The Balaban J connectivity index is 1.87. The quantitative estimate of drug-likeness (QED) is 0.588. The molecule has 0 spiro atoms. The molecule has 6 nitrogen and oxygen atoms in total. The number of pyridine rings is 2. The molecule has 4 heterocycles. The van der Waals surface area contributed by atoms with Crippen molar-refractivity contribution in [2.75, 3.05) is 12.4 Å². The lowest BCUT2D eigenvalue weighted by molar-refractivity contribution is 1.15. The molecule has 21 heavy (non-hydrogen) atoms. The summed E-state index contributed by atoms with van der Waals surface area (Å²) in [5, 5.41) is 5.04. The van der Waals surface area contributed by atoms with Gasteiger partial charge in [0.1, 0.15) is 5.65 Å². The lowest BCUT2D eigenvalue weighted by Gasteiger charge is -2.02. The highest BCUT2D eigenvalue weighted by Crippen LogP contribution is 2.26. The molecule has 0 saturated heterocycles. The predicted octanol–water partition coefficient (Wildman–Crippen LogP) is 2.61. The Morgan fingerprint density at radius 1 is 1.00 bits per heavy atom. The van der Waals surface area contributed by atoms with E-state index in [2.05, 4.69) is 30.2 Å². The Morgan fingerprint density at radius 2 is 1.86 bits per heavy atom. The van der Waals surface area contributed by atoms with E-state index in [1.807, 2.05) is 24.4 Å². The van der Waals surface area contributed by atoms with Crippen molar-refractivity contribution in [3.05, 3.63) is 43.0 Å². The Hall–Kier alpha value is -3.02. The number of nitrogens with one attached hydrogen (secondary N) is 2. The van der Waals surface area contributed by atoms with Crippen LogP contribution in [0.1, 0.15) is 0 Å². The van der Waals surface area contributed by atoms with Gasteiger partial charge in [-0.05, 0) is 18.2 Å². The number of fused-ring (bicyclic) bond motifs is 3. The van der Waals surface area contributed by atoms with Crippen molar-refractivity contribution in [2.24, 2.45) is 0 Å². The van der Waals surface area contributed by atoms with Gasteiger partial charge in [0.15, 0.2) is 0 Å². The summed E-state index contributed by atoms with van der Waals surface area (Å²) in [6.45, 7) is 0. The molecule has 0 aliphatic carbocycles. The Morgan fingerprint density at radius 3 is 2.67 bits per heavy atom. The van der Waals surface area contributed by atoms with Crippen molar-refractivity contribution in [3.63, 3.8) is 0 Å². The summed E-state index contributed by atoms with van der Waals surface area (Å²) in [4.78, 5) is 20.5. The smallest absolute Gasteiger partial charge is 0.222 e. The van der Waals surface area contributed by atoms with Crippen LogP contribution in [0, 0.1) is 0 Å². The summed E-state index contributed by atoms with van der Waals surface area (Å²) in [5.41, 5.74) is 3.59. The van der Waals surface area contributed by atoms with Gasteiger partial charge in [0.2, 0.25) is 5.95 Å². The highest BCUT2D eigenvalue weighted by atomic mass is 15.1. The number of hydrogen-bond acceptors (Lipinski definition) is 5. The van der Waals surface area contributed by atoms with Gasteiger partial charge < -0.3 is 10.3 Å². The maximum atomic E-state index is 4.65. The fourth-order valence-corrected chi connectivity index (χ4v) is 2.37. The first-order chi connectivity index (χ1) is 10.3. The van der Waals surface area contributed by atoms with Crippen LogP contribution in [0.4, 0.5) is 5.95 Å². The second kappa shape index (κ2) is 4.52. The van der Waals surface area contributed by atoms with Crippen LogP contribution >= 0.6 is 0 Å². The molecule has 0 radical (unpaired) electrons. The molecule has 2 N–H and O–H groups in total. The third-order valence-electron chi connectivity index (χ3n) is 3.43. The molecule has 4 aromatic rings. The SMILES string of the molecule is CNc1ncc(-c2ccc3c(n2)[nH]c2ccncc23)cn1. The number of rotatable bonds is 2. The van der Waals surface area contributed by atoms with Crippen LogP contribution in [0.5, 0.6) is 0 Å². The van der Waals surface area contributed by atoms with Gasteiger partial charge in [0, 0.05) is 48.2 Å². The number of aromatic amines is 1. The summed E-state index contributed by atoms with van der Waals surface area (Å²) in [5.74, 6) is 0.594. The molecule has 0 fully saturated rings. The Kier molecular flexibility index (Phi) is 2.53. The van der Waals surface area contributed by atoms with Crippen LogP contribution in [0.3, 0.4) is 0 Å². The summed E-state index contributed by atoms with van der Waals surface area (Å²) in [6.07, 6.45) is 7.14. The standard InChI is InChI=1S/C15H12N6/c1-16-15-18-6-9(7-19-15)12-3-2-10-11-8-17-5-4-13(11)21-14(10)20-12/h2-8H,1H3,(H,20,21)(H,16,18,19). The van der Waals surface area contributed by atoms with E-state index in [9.17, 15) is 0 Å². The third kappa shape index (κ3) is 1.88. The van der Waals surface area contributed by atoms with Crippen LogP contribution in [-0.2, 0) is 0 Å². The first-order valence-electron chi connectivity index (χ1n) is 6.58. The molecule has 0 bridgehead atoms. The lowest BCUT2D eigenvalue weighted by Crippen LogP contribution is -1.95. The van der Waals surface area contributed by atoms with E-state index in [-0.39, 0.29) is 0 Å². The molecule has 0 atom stereocenters. The zero-order valence-electron chi connectivity index (χ0n) is 11.3. The third-order valence-corrected chi connectivity index (χ3v) is 3.43. The second-order valence-electron chi connectivity index (χ2n) is 4.68. The number of anilines is 1. The number of hydrogen-bond donors (Lipinski definition) is 2. The molecule has 6 heteroatoms. The van der Waals surface area contributed by atoms with Crippen molar-refractivity contribution in [1.29, 1.82) is 0 Å². The van der Waals surface area contributed by atoms with Crippen molar-refractivity contribution in [1.82, 2.24) is 24.9 Å². The van der Waals surface area contributed by atoms with Gasteiger partial charge in [-0.25, -0.2) is 15.0 Å². The average Bonchev–Trinajstić information content (AvgIpc) is 2.92. The van der Waals surface area contributed by atoms with E-state index < -0.39 is 0 Å². The fourth-order valence-electron chi connectivity index (χ4n) is 2.37. The summed E-state index contributed by atoms with van der Waals surface area (Å²) < 4.78 is 0. The predicted molar refractivity (Wildman–Crippen MR) is 82.0 cm³/mol. The first kappa shape index (κ1) is 11.8. The van der Waals surface area contributed by atoms with Crippen molar-refractivity contribution in [2.45, 2.75) is 0 Å². The highest BCUT2D eigenvalue weighted by molar-refractivity contribution is 6.05. The largest absolute Gasteiger partial charge is 0.357 e. The minimum Gasteiger partial charge on any atom is -0.357 e. The van der Waals surface area contributed by atoms with Crippen molar-refractivity contribution in [3.8, 4) is 11.3 Å². The zero-order valence-corrected chi connectivity index (χ0v) is 11.3. The van der Waals surface area contributed by atoms with Gasteiger partial charge in [-0.1, -0.05) is 0 Å². The van der Waals surface area contributed by atoms with Crippen LogP contribution < -0.4 is 5.32 Å². The maximum Gasteiger partial charge on any atom is 0.222 e. The average molecular weight is 276 g/mol. The molecule has 0 aliphatic rings. The molecule has 0 saturated carbocycles. The zero-order chi connectivity index (χ0) is 14.2. The molecule has 0 amide bonds. The van der Waals surface area contributed by atoms with E-state index >= 15 is 0 Å². The van der Waals surface area contributed by atoms with Gasteiger partial charge in [0.05, 0.1) is 11.2 Å². The van der Waals surface area contributed by atoms with Gasteiger partial charge in [-0.15, -0.1) is 0 Å². The number of aromatic nitrogens is 5. The van der Waals surface area contributed by atoms with Gasteiger partial charge in [-0.3, -0.25) is 4.98 Å². The molecule has 4 rings (SSSR count). The lowest BCUT2D eigenvalue weighted by atomic mass is 10.2. The monoisotopic (exact) mass is 276 g/mol. The Labute approximate surface area is 120 Å². The van der Waals surface area contributed by atoms with Crippen LogP contribution in [0.25, 0.3) is 33.2 Å². The minimum atomic E-state index is 0.594. The van der Waals surface area contributed by atoms with E-state index in [4.69, 9.17) is 0 Å². The Bertz CT molecular complexity index is 926. The normalized spacial score (nSPS) is 11.1. The second-order valence-corrected chi connectivity index (χ2v) is 4.68. The topological polar surface area (TPSA) is 79.4 Å².